The molecule has 158 valence electrons. The fraction of sp³-hybridized carbons (Fsp3) is 0.200. The second-order valence-electron chi connectivity index (χ2n) is 6.43. The summed E-state index contributed by atoms with van der Waals surface area (Å²) in [5.41, 5.74) is 1.11. The van der Waals surface area contributed by atoms with Gasteiger partial charge in [-0.1, -0.05) is 0 Å². The molecule has 3 rings (SSSR count). The SMILES string of the molecule is COC(=O)c1cc(-c2ncc(F)cc2OCc2cc(F)cc(S(C)(=O)=O)c2)c(C)s1. The minimum atomic E-state index is -3.61. The Morgan fingerprint density at radius 2 is 1.87 bits per heavy atom. The molecule has 0 unspecified atom stereocenters. The fourth-order valence-electron chi connectivity index (χ4n) is 2.73. The number of sulfone groups is 1. The highest BCUT2D eigenvalue weighted by atomic mass is 32.2. The second-order valence-corrected chi connectivity index (χ2v) is 9.70. The van der Waals surface area contributed by atoms with Crippen molar-refractivity contribution < 1.29 is 31.5 Å². The lowest BCUT2D eigenvalue weighted by atomic mass is 10.1. The van der Waals surface area contributed by atoms with Crippen LogP contribution in [0.3, 0.4) is 0 Å². The van der Waals surface area contributed by atoms with Gasteiger partial charge in [-0.2, -0.15) is 0 Å². The largest absolute Gasteiger partial charge is 0.487 e. The lowest BCUT2D eigenvalue weighted by Crippen LogP contribution is -2.03. The molecule has 0 aliphatic carbocycles. The average molecular weight is 453 g/mol. The fourth-order valence-corrected chi connectivity index (χ4v) is 4.36. The zero-order chi connectivity index (χ0) is 22.1. The molecule has 0 aliphatic heterocycles. The van der Waals surface area contributed by atoms with Crippen molar-refractivity contribution in [2.45, 2.75) is 18.4 Å². The molecule has 0 bridgehead atoms. The first-order valence-electron chi connectivity index (χ1n) is 8.55. The number of esters is 1. The zero-order valence-electron chi connectivity index (χ0n) is 16.2. The Kier molecular flexibility index (Phi) is 6.18. The van der Waals surface area contributed by atoms with Gasteiger partial charge in [0.25, 0.3) is 0 Å². The van der Waals surface area contributed by atoms with Crippen LogP contribution in [0.5, 0.6) is 5.75 Å². The van der Waals surface area contributed by atoms with Gasteiger partial charge in [0.1, 0.15) is 34.6 Å². The van der Waals surface area contributed by atoms with Gasteiger partial charge in [-0.3, -0.25) is 0 Å². The summed E-state index contributed by atoms with van der Waals surface area (Å²) in [6.07, 6.45) is 1.99. The highest BCUT2D eigenvalue weighted by Gasteiger charge is 2.19. The molecular formula is C20H17F2NO5S2. The van der Waals surface area contributed by atoms with Crippen molar-refractivity contribution >= 4 is 27.1 Å². The lowest BCUT2D eigenvalue weighted by Gasteiger charge is -2.12. The van der Waals surface area contributed by atoms with Crippen LogP contribution in [0.2, 0.25) is 0 Å². The van der Waals surface area contributed by atoms with Crippen LogP contribution in [0.1, 0.15) is 20.1 Å². The van der Waals surface area contributed by atoms with E-state index in [2.05, 4.69) is 4.98 Å². The monoisotopic (exact) mass is 453 g/mol. The van der Waals surface area contributed by atoms with Crippen molar-refractivity contribution in [2.75, 3.05) is 13.4 Å². The molecular weight excluding hydrogens is 436 g/mol. The third kappa shape index (κ3) is 4.82. The van der Waals surface area contributed by atoms with Gasteiger partial charge in [0.05, 0.1) is 18.2 Å². The van der Waals surface area contributed by atoms with Crippen molar-refractivity contribution in [2.24, 2.45) is 0 Å². The quantitative estimate of drug-likeness (QED) is 0.521. The molecule has 0 atom stereocenters. The van der Waals surface area contributed by atoms with E-state index in [1.54, 1.807) is 13.0 Å². The number of rotatable bonds is 6. The van der Waals surface area contributed by atoms with E-state index < -0.39 is 27.4 Å². The summed E-state index contributed by atoms with van der Waals surface area (Å²) in [6.45, 7) is 1.55. The minimum absolute atomic E-state index is 0.0671. The Labute approximate surface area is 176 Å². The average Bonchev–Trinajstić information content (AvgIpc) is 3.06. The van der Waals surface area contributed by atoms with Crippen molar-refractivity contribution in [3.05, 3.63) is 63.5 Å². The molecule has 2 aromatic heterocycles. The van der Waals surface area contributed by atoms with Crippen LogP contribution in [-0.4, -0.2) is 32.7 Å². The van der Waals surface area contributed by atoms with Gasteiger partial charge in [-0.05, 0) is 36.8 Å². The van der Waals surface area contributed by atoms with E-state index in [0.717, 1.165) is 35.5 Å². The first-order valence-corrected chi connectivity index (χ1v) is 11.3. The van der Waals surface area contributed by atoms with Crippen LogP contribution in [0.25, 0.3) is 11.3 Å². The summed E-state index contributed by atoms with van der Waals surface area (Å²) in [7, 11) is -2.34. The number of nitrogens with zero attached hydrogens (tertiary/aromatic N) is 1. The van der Waals surface area contributed by atoms with Gasteiger partial charge in [-0.15, -0.1) is 11.3 Å². The first-order chi connectivity index (χ1) is 14.1. The maximum atomic E-state index is 13.8. The van der Waals surface area contributed by atoms with E-state index in [4.69, 9.17) is 9.47 Å². The van der Waals surface area contributed by atoms with Crippen molar-refractivity contribution in [1.29, 1.82) is 0 Å². The topological polar surface area (TPSA) is 82.6 Å². The van der Waals surface area contributed by atoms with E-state index in [1.165, 1.54) is 24.5 Å². The number of aromatic nitrogens is 1. The van der Waals surface area contributed by atoms with Crippen LogP contribution in [-0.2, 0) is 21.2 Å². The van der Waals surface area contributed by atoms with Gasteiger partial charge in [-0.25, -0.2) is 27.0 Å². The van der Waals surface area contributed by atoms with Crippen molar-refractivity contribution in [3.63, 3.8) is 0 Å². The molecule has 0 aliphatic rings. The predicted octanol–water partition coefficient (Wildman–Crippen LogP) is 4.17. The van der Waals surface area contributed by atoms with Gasteiger partial charge >= 0.3 is 5.97 Å². The Bertz CT molecular complexity index is 1220. The van der Waals surface area contributed by atoms with Crippen LogP contribution < -0.4 is 4.74 Å². The minimum Gasteiger partial charge on any atom is -0.487 e. The maximum Gasteiger partial charge on any atom is 0.348 e. The van der Waals surface area contributed by atoms with Crippen molar-refractivity contribution in [1.82, 2.24) is 4.98 Å². The van der Waals surface area contributed by atoms with E-state index in [0.29, 0.717) is 16.1 Å². The third-order valence-corrected chi connectivity index (χ3v) is 6.25. The number of pyridine rings is 1. The van der Waals surface area contributed by atoms with E-state index >= 15 is 0 Å². The van der Waals surface area contributed by atoms with Crippen LogP contribution in [0, 0.1) is 18.6 Å². The number of methoxy groups -OCH3 is 1. The smallest absolute Gasteiger partial charge is 0.348 e. The Morgan fingerprint density at radius 1 is 1.13 bits per heavy atom. The van der Waals surface area contributed by atoms with Crippen LogP contribution >= 0.6 is 11.3 Å². The number of carbonyl (C=O) groups excluding carboxylic acids is 1. The molecule has 0 saturated carbocycles. The first kappa shape index (κ1) is 21.8. The predicted molar refractivity (Wildman–Crippen MR) is 107 cm³/mol. The van der Waals surface area contributed by atoms with Crippen LogP contribution in [0.15, 0.2) is 41.4 Å². The molecule has 30 heavy (non-hydrogen) atoms. The Hall–Kier alpha value is -2.85. The van der Waals surface area contributed by atoms with E-state index in [9.17, 15) is 22.0 Å². The van der Waals surface area contributed by atoms with E-state index in [1.807, 2.05) is 0 Å². The highest BCUT2D eigenvalue weighted by molar-refractivity contribution is 7.90. The molecule has 0 N–H and O–H groups in total. The summed E-state index contributed by atoms with van der Waals surface area (Å²) in [6, 6.07) is 6.02. The van der Waals surface area contributed by atoms with Crippen LogP contribution in [0.4, 0.5) is 8.78 Å². The molecule has 0 saturated heterocycles. The Balaban J connectivity index is 1.96. The summed E-state index contributed by atoms with van der Waals surface area (Å²) in [4.78, 5) is 16.8. The molecule has 1 aromatic carbocycles. The molecule has 0 amide bonds. The summed E-state index contributed by atoms with van der Waals surface area (Å²) in [5, 5.41) is 0. The molecule has 0 fully saturated rings. The molecule has 0 spiro atoms. The standard InChI is InChI=1S/C20H17F2NO5S2/c1-11-16(8-18(29-11)20(24)27-2)19-17(7-14(22)9-23-19)28-10-12-4-13(21)6-15(5-12)30(3,25)26/h4-9H,10H2,1-3H3. The number of hydrogen-bond donors (Lipinski definition) is 0. The number of thiophene rings is 1. The number of benzene rings is 1. The molecule has 6 nitrogen and oxygen atoms in total. The summed E-state index contributed by atoms with van der Waals surface area (Å²) >= 11 is 1.20. The Morgan fingerprint density at radius 3 is 2.53 bits per heavy atom. The summed E-state index contributed by atoms with van der Waals surface area (Å²) < 4.78 is 61.4. The van der Waals surface area contributed by atoms with E-state index in [-0.39, 0.29) is 22.8 Å². The van der Waals surface area contributed by atoms with Crippen molar-refractivity contribution in [3.8, 4) is 17.0 Å². The number of carbonyl (C=O) groups is 1. The molecule has 2 heterocycles. The third-order valence-electron chi connectivity index (χ3n) is 4.13. The van der Waals surface area contributed by atoms with Gasteiger partial charge in [0.15, 0.2) is 9.84 Å². The second kappa shape index (κ2) is 8.49. The van der Waals surface area contributed by atoms with Gasteiger partial charge in [0.2, 0.25) is 0 Å². The molecule has 3 aromatic rings. The number of halogens is 2. The molecule has 10 heteroatoms. The van der Waals surface area contributed by atoms with Gasteiger partial charge in [0, 0.05) is 22.8 Å². The summed E-state index contributed by atoms with van der Waals surface area (Å²) in [5.74, 6) is -1.82. The number of hydrogen-bond acceptors (Lipinski definition) is 7. The maximum absolute atomic E-state index is 13.8. The number of ether oxygens (including phenoxy) is 2. The highest BCUT2D eigenvalue weighted by Crippen LogP contribution is 2.36. The van der Waals surface area contributed by atoms with Gasteiger partial charge < -0.3 is 9.47 Å². The normalized spacial score (nSPS) is 11.4. The zero-order valence-corrected chi connectivity index (χ0v) is 17.9. The molecule has 0 radical (unpaired) electrons. The lowest BCUT2D eigenvalue weighted by molar-refractivity contribution is 0.0606. The number of aryl methyl sites for hydroxylation is 1.